The topological polar surface area (TPSA) is 103 Å². The monoisotopic (exact) mass is 570 g/mol. The molecule has 2 aromatic heterocycles. The van der Waals surface area contributed by atoms with Crippen molar-refractivity contribution in [1.29, 1.82) is 0 Å². The summed E-state index contributed by atoms with van der Waals surface area (Å²) in [6.07, 6.45) is 4.14. The van der Waals surface area contributed by atoms with E-state index in [9.17, 15) is 18.0 Å². The van der Waals surface area contributed by atoms with Crippen LogP contribution in [0.2, 0.25) is 0 Å². The molecule has 0 unspecified atom stereocenters. The highest BCUT2D eigenvalue weighted by atomic mass is 32.2. The zero-order valence-electron chi connectivity index (χ0n) is 22.8. The Morgan fingerprint density at radius 1 is 1.23 bits per heavy atom. The number of nitrogens with zero attached hydrogens (tertiary/aromatic N) is 2. The molecule has 1 aromatic carbocycles. The third-order valence-electron chi connectivity index (χ3n) is 7.11. The normalized spacial score (nSPS) is 18.3. The van der Waals surface area contributed by atoms with Crippen molar-refractivity contribution >= 4 is 33.1 Å². The third-order valence-corrected chi connectivity index (χ3v) is 10.2. The van der Waals surface area contributed by atoms with Gasteiger partial charge in [0, 0.05) is 23.5 Å². The first kappa shape index (κ1) is 28.9. The minimum absolute atomic E-state index is 0.0368. The van der Waals surface area contributed by atoms with Crippen molar-refractivity contribution in [2.45, 2.75) is 64.0 Å². The zero-order valence-corrected chi connectivity index (χ0v) is 24.5. The Bertz CT molecular complexity index is 1470. The van der Waals surface area contributed by atoms with Crippen LogP contribution in [0.4, 0.5) is 0 Å². The molecule has 0 saturated heterocycles. The van der Waals surface area contributed by atoms with Crippen LogP contribution in [0.1, 0.15) is 70.8 Å². The highest BCUT2D eigenvalue weighted by Crippen LogP contribution is 2.39. The number of esters is 1. The van der Waals surface area contributed by atoms with Gasteiger partial charge in [-0.15, -0.1) is 11.3 Å². The molecular weight excluding hydrogens is 536 g/mol. The molecule has 39 heavy (non-hydrogen) atoms. The van der Waals surface area contributed by atoms with E-state index < -0.39 is 15.9 Å². The molecule has 3 aromatic rings. The van der Waals surface area contributed by atoms with Crippen molar-refractivity contribution in [3.05, 3.63) is 75.2 Å². The van der Waals surface area contributed by atoms with Gasteiger partial charge in [0.1, 0.15) is 16.7 Å². The number of hydrogen-bond acceptors (Lipinski definition) is 8. The molecule has 208 valence electrons. The maximum Gasteiger partial charge on any atom is 0.309 e. The number of fused-ring (bicyclic) bond motifs is 1. The molecule has 0 saturated carbocycles. The van der Waals surface area contributed by atoms with Gasteiger partial charge in [0.05, 0.1) is 30.6 Å². The number of aryl methyl sites for hydroxylation is 1. The molecule has 0 N–H and O–H groups in total. The summed E-state index contributed by atoms with van der Waals surface area (Å²) in [7, 11) is -2.52. The summed E-state index contributed by atoms with van der Waals surface area (Å²) < 4.78 is 40.1. The van der Waals surface area contributed by atoms with Crippen molar-refractivity contribution in [1.82, 2.24) is 9.29 Å². The first-order valence-electron chi connectivity index (χ1n) is 13.0. The highest BCUT2D eigenvalue weighted by molar-refractivity contribution is 7.89. The van der Waals surface area contributed by atoms with E-state index in [2.05, 4.69) is 4.98 Å². The number of benzene rings is 1. The number of aromatic nitrogens is 1. The van der Waals surface area contributed by atoms with E-state index in [0.717, 1.165) is 28.0 Å². The number of pyridine rings is 1. The van der Waals surface area contributed by atoms with Crippen molar-refractivity contribution in [3.8, 4) is 5.75 Å². The average Bonchev–Trinajstić information content (AvgIpc) is 3.36. The fourth-order valence-electron chi connectivity index (χ4n) is 4.94. The Labute approximate surface area is 234 Å². The number of carbonyl (C=O) groups excluding carboxylic acids is 2. The lowest BCUT2D eigenvalue weighted by Gasteiger charge is -2.26. The fraction of sp³-hybridized carbons (Fsp3) is 0.414. The standard InChI is InChI=1S/C29H34N2O6S2/c1-6-7-23-17-31(39(34,35)27-15-30-13-12-24(27)37-23)16-22-14-21(9-8-18(22)2)28(19(3)29(33)36-5)26-11-10-25(38-26)20(4)32/h8-15,19,23,28H,6-7,16-17H2,1-5H3/t19-,23+,28+/m0/s1. The van der Waals surface area contributed by atoms with E-state index in [-0.39, 0.29) is 41.8 Å². The fourth-order valence-corrected chi connectivity index (χ4v) is 7.59. The van der Waals surface area contributed by atoms with E-state index in [4.69, 9.17) is 9.47 Å². The summed E-state index contributed by atoms with van der Waals surface area (Å²) in [5, 5.41) is 0. The smallest absolute Gasteiger partial charge is 0.309 e. The number of ketones is 1. The Hall–Kier alpha value is -3.08. The quantitative estimate of drug-likeness (QED) is 0.252. The summed E-state index contributed by atoms with van der Waals surface area (Å²) in [5.74, 6) is -0.964. The first-order valence-corrected chi connectivity index (χ1v) is 15.2. The van der Waals surface area contributed by atoms with E-state index in [1.165, 1.54) is 42.1 Å². The summed E-state index contributed by atoms with van der Waals surface area (Å²) in [5.41, 5.74) is 2.60. The van der Waals surface area contributed by atoms with Crippen LogP contribution < -0.4 is 4.74 Å². The SMILES string of the molecule is CCC[C@@H]1CN(Cc2cc([C@H](c3ccc(C(C)=O)s3)[C@H](C)C(=O)OC)ccc2C)S(=O)(=O)c2cnccc2O1. The molecule has 0 spiro atoms. The lowest BCUT2D eigenvalue weighted by atomic mass is 9.84. The van der Waals surface area contributed by atoms with Gasteiger partial charge in [-0.25, -0.2) is 8.42 Å². The van der Waals surface area contributed by atoms with Crippen LogP contribution in [0.25, 0.3) is 0 Å². The van der Waals surface area contributed by atoms with Gasteiger partial charge in [0.15, 0.2) is 5.78 Å². The van der Waals surface area contributed by atoms with Gasteiger partial charge in [-0.3, -0.25) is 14.6 Å². The number of methoxy groups -OCH3 is 1. The van der Waals surface area contributed by atoms with Crippen molar-refractivity contribution in [2.75, 3.05) is 13.7 Å². The molecule has 3 heterocycles. The average molecular weight is 571 g/mol. The molecule has 0 bridgehead atoms. The van der Waals surface area contributed by atoms with Gasteiger partial charge in [0.2, 0.25) is 10.0 Å². The van der Waals surface area contributed by atoms with Crippen molar-refractivity contribution in [3.63, 3.8) is 0 Å². The number of ether oxygens (including phenoxy) is 2. The Morgan fingerprint density at radius 2 is 2.00 bits per heavy atom. The second-order valence-corrected chi connectivity index (χ2v) is 12.9. The van der Waals surface area contributed by atoms with Gasteiger partial charge in [-0.1, -0.05) is 38.5 Å². The Balaban J connectivity index is 1.76. The summed E-state index contributed by atoms with van der Waals surface area (Å²) in [6.45, 7) is 7.66. The molecule has 1 aliphatic heterocycles. The van der Waals surface area contributed by atoms with Gasteiger partial charge >= 0.3 is 5.97 Å². The van der Waals surface area contributed by atoms with E-state index in [1.54, 1.807) is 19.1 Å². The van der Waals surface area contributed by atoms with Gasteiger partial charge in [0.25, 0.3) is 0 Å². The second-order valence-electron chi connectivity index (χ2n) is 9.88. The molecular formula is C29H34N2O6S2. The van der Waals surface area contributed by atoms with Gasteiger partial charge < -0.3 is 9.47 Å². The predicted octanol–water partition coefficient (Wildman–Crippen LogP) is 5.35. The van der Waals surface area contributed by atoms with Crippen LogP contribution in [0.5, 0.6) is 5.75 Å². The molecule has 0 amide bonds. The number of thiophene rings is 1. The lowest BCUT2D eigenvalue weighted by Crippen LogP contribution is -2.36. The van der Waals surface area contributed by atoms with Crippen LogP contribution in [0.15, 0.2) is 53.7 Å². The van der Waals surface area contributed by atoms with Crippen LogP contribution in [-0.4, -0.2) is 49.2 Å². The summed E-state index contributed by atoms with van der Waals surface area (Å²) >= 11 is 1.36. The highest BCUT2D eigenvalue weighted by Gasteiger charge is 2.36. The predicted molar refractivity (Wildman–Crippen MR) is 150 cm³/mol. The number of hydrogen-bond donors (Lipinski definition) is 0. The van der Waals surface area contributed by atoms with E-state index >= 15 is 0 Å². The number of carbonyl (C=O) groups is 2. The molecule has 0 fully saturated rings. The van der Waals surface area contributed by atoms with Crippen LogP contribution in [0, 0.1) is 12.8 Å². The number of rotatable bonds is 9. The number of sulfonamides is 1. The Kier molecular flexibility index (Phi) is 8.88. The second kappa shape index (κ2) is 12.0. The third kappa shape index (κ3) is 6.08. The van der Waals surface area contributed by atoms with Crippen LogP contribution >= 0.6 is 11.3 Å². The molecule has 0 aliphatic carbocycles. The summed E-state index contributed by atoms with van der Waals surface area (Å²) in [6, 6.07) is 11.1. The first-order chi connectivity index (χ1) is 18.6. The van der Waals surface area contributed by atoms with Crippen molar-refractivity contribution < 1.29 is 27.5 Å². The largest absolute Gasteiger partial charge is 0.488 e. The maximum atomic E-state index is 13.7. The Morgan fingerprint density at radius 3 is 2.67 bits per heavy atom. The van der Waals surface area contributed by atoms with Crippen LogP contribution in [-0.2, 0) is 26.1 Å². The molecule has 0 radical (unpaired) electrons. The molecule has 3 atom stereocenters. The summed E-state index contributed by atoms with van der Waals surface area (Å²) in [4.78, 5) is 30.2. The molecule has 10 heteroatoms. The van der Waals surface area contributed by atoms with Gasteiger partial charge in [-0.05, 0) is 55.2 Å². The molecule has 4 rings (SSSR count). The van der Waals surface area contributed by atoms with E-state index in [0.29, 0.717) is 17.0 Å². The van der Waals surface area contributed by atoms with Crippen molar-refractivity contribution in [2.24, 2.45) is 5.92 Å². The molecule has 8 nitrogen and oxygen atoms in total. The zero-order chi connectivity index (χ0) is 28.3. The van der Waals surface area contributed by atoms with Gasteiger partial charge in [-0.2, -0.15) is 4.31 Å². The minimum atomic E-state index is -3.87. The minimum Gasteiger partial charge on any atom is -0.488 e. The van der Waals surface area contributed by atoms with Crippen LogP contribution in [0.3, 0.4) is 0 Å². The van der Waals surface area contributed by atoms with E-state index in [1.807, 2.05) is 38.1 Å². The maximum absolute atomic E-state index is 13.7. The molecule has 1 aliphatic rings. The number of Topliss-reactive ketones (excluding diaryl/α,β-unsaturated/α-hetero) is 1. The lowest BCUT2D eigenvalue weighted by molar-refractivity contribution is -0.145.